The minimum Gasteiger partial charge on any atom is -0.353 e. The van der Waals surface area contributed by atoms with Crippen molar-refractivity contribution in [2.45, 2.75) is 19.6 Å². The summed E-state index contributed by atoms with van der Waals surface area (Å²) in [7, 11) is 0. The first-order valence-corrected chi connectivity index (χ1v) is 5.36. The van der Waals surface area contributed by atoms with E-state index in [0.717, 1.165) is 6.42 Å². The molecule has 0 amide bonds. The molecule has 0 saturated carbocycles. The zero-order valence-corrected chi connectivity index (χ0v) is 8.98. The molecule has 0 radical (unpaired) electrons. The number of hydrogen-bond acceptors (Lipinski definition) is 2. The molecule has 0 aliphatic carbocycles. The van der Waals surface area contributed by atoms with Crippen molar-refractivity contribution in [3.8, 4) is 0 Å². The zero-order valence-electron chi connectivity index (χ0n) is 8.98. The van der Waals surface area contributed by atoms with Crippen LogP contribution in [0, 0.1) is 0 Å². The molecule has 1 aromatic rings. The minimum absolute atomic E-state index is 0.0371. The molecule has 2 heteroatoms. The van der Waals surface area contributed by atoms with E-state index >= 15 is 0 Å². The van der Waals surface area contributed by atoms with Gasteiger partial charge in [0, 0.05) is 13.0 Å². The highest BCUT2D eigenvalue weighted by Crippen LogP contribution is 2.21. The molecule has 0 aromatic heterocycles. The van der Waals surface area contributed by atoms with Gasteiger partial charge in [-0.2, -0.15) is 0 Å². The molecule has 1 heterocycles. The molecule has 1 aliphatic rings. The summed E-state index contributed by atoms with van der Waals surface area (Å²) in [6.45, 7) is 3.39. The summed E-state index contributed by atoms with van der Waals surface area (Å²) in [6, 6.07) is 10.3. The summed E-state index contributed by atoms with van der Waals surface area (Å²) >= 11 is 0. The summed E-state index contributed by atoms with van der Waals surface area (Å²) in [4.78, 5) is 0. The third-order valence-corrected chi connectivity index (χ3v) is 2.41. The van der Waals surface area contributed by atoms with Gasteiger partial charge in [0.15, 0.2) is 6.29 Å². The van der Waals surface area contributed by atoms with Crippen molar-refractivity contribution >= 4 is 6.08 Å². The molecule has 1 atom stereocenters. The number of rotatable bonds is 3. The number of benzene rings is 1. The van der Waals surface area contributed by atoms with Crippen LogP contribution in [-0.4, -0.2) is 19.5 Å². The molecule has 2 nitrogen and oxygen atoms in total. The smallest absolute Gasteiger partial charge is 0.161 e. The Bertz CT molecular complexity index is 330. The molecule has 1 fully saturated rings. The Kier molecular flexibility index (Phi) is 3.54. The second-order valence-electron chi connectivity index (χ2n) is 3.61. The Labute approximate surface area is 90.5 Å². The second kappa shape index (κ2) is 5.10. The molecule has 0 spiro atoms. The van der Waals surface area contributed by atoms with Crippen molar-refractivity contribution in [3.05, 3.63) is 41.5 Å². The maximum Gasteiger partial charge on any atom is 0.161 e. The van der Waals surface area contributed by atoms with Gasteiger partial charge in [-0.15, -0.1) is 0 Å². The molecule has 1 saturated heterocycles. The molecule has 0 bridgehead atoms. The van der Waals surface area contributed by atoms with Crippen LogP contribution in [0.5, 0.6) is 0 Å². The number of ether oxygens (including phenoxy) is 2. The lowest BCUT2D eigenvalue weighted by Gasteiger charge is -2.06. The molecule has 15 heavy (non-hydrogen) atoms. The summed E-state index contributed by atoms with van der Waals surface area (Å²) in [6.07, 6.45) is 3.03. The van der Waals surface area contributed by atoms with Gasteiger partial charge in [-0.25, -0.2) is 0 Å². The maximum atomic E-state index is 5.49. The Balaban J connectivity index is 1.98. The van der Waals surface area contributed by atoms with Crippen LogP contribution in [0.1, 0.15) is 18.9 Å². The van der Waals surface area contributed by atoms with Gasteiger partial charge in [-0.3, -0.25) is 0 Å². The standard InChI is InChI=1S/C13H16O2/c1-2-14-13-9-12(10-15-13)8-11-6-4-3-5-7-11/h3-8,13H,2,9-10H2,1H3/b12-8+. The van der Waals surface area contributed by atoms with Gasteiger partial charge in [0.2, 0.25) is 0 Å². The molecule has 2 rings (SSSR count). The third-order valence-electron chi connectivity index (χ3n) is 2.41. The van der Waals surface area contributed by atoms with E-state index in [0.29, 0.717) is 13.2 Å². The maximum absolute atomic E-state index is 5.49. The van der Waals surface area contributed by atoms with Crippen LogP contribution >= 0.6 is 0 Å². The molecule has 1 unspecified atom stereocenters. The molecular weight excluding hydrogens is 188 g/mol. The van der Waals surface area contributed by atoms with Crippen LogP contribution in [-0.2, 0) is 9.47 Å². The van der Waals surface area contributed by atoms with Gasteiger partial charge < -0.3 is 9.47 Å². The first kappa shape index (κ1) is 10.4. The van der Waals surface area contributed by atoms with Crippen molar-refractivity contribution in [2.24, 2.45) is 0 Å². The Morgan fingerprint density at radius 1 is 1.40 bits per heavy atom. The molecular formula is C13H16O2. The first-order chi connectivity index (χ1) is 7.38. The van der Waals surface area contributed by atoms with E-state index < -0.39 is 0 Å². The van der Waals surface area contributed by atoms with E-state index in [1.54, 1.807) is 0 Å². The highest BCUT2D eigenvalue weighted by Gasteiger charge is 2.19. The van der Waals surface area contributed by atoms with Gasteiger partial charge >= 0.3 is 0 Å². The third kappa shape index (κ3) is 2.91. The Morgan fingerprint density at radius 2 is 2.20 bits per heavy atom. The quantitative estimate of drug-likeness (QED) is 0.753. The van der Waals surface area contributed by atoms with Crippen molar-refractivity contribution < 1.29 is 9.47 Å². The molecule has 0 N–H and O–H groups in total. The number of hydrogen-bond donors (Lipinski definition) is 0. The fourth-order valence-electron chi connectivity index (χ4n) is 1.71. The van der Waals surface area contributed by atoms with Crippen LogP contribution in [0.3, 0.4) is 0 Å². The van der Waals surface area contributed by atoms with Gasteiger partial charge in [0.25, 0.3) is 0 Å². The lowest BCUT2D eigenvalue weighted by atomic mass is 10.1. The average molecular weight is 204 g/mol. The predicted octanol–water partition coefficient (Wildman–Crippen LogP) is 2.85. The zero-order chi connectivity index (χ0) is 10.5. The lowest BCUT2D eigenvalue weighted by Crippen LogP contribution is -2.09. The van der Waals surface area contributed by atoms with Gasteiger partial charge in [0.05, 0.1) is 6.61 Å². The van der Waals surface area contributed by atoms with E-state index in [-0.39, 0.29) is 6.29 Å². The van der Waals surface area contributed by atoms with Crippen LogP contribution in [0.4, 0.5) is 0 Å². The molecule has 1 aromatic carbocycles. The van der Waals surface area contributed by atoms with E-state index in [1.165, 1.54) is 11.1 Å². The van der Waals surface area contributed by atoms with Gasteiger partial charge in [0.1, 0.15) is 0 Å². The fourth-order valence-corrected chi connectivity index (χ4v) is 1.71. The normalized spacial score (nSPS) is 23.5. The Hall–Kier alpha value is -1.12. The minimum atomic E-state index is -0.0371. The Morgan fingerprint density at radius 3 is 2.93 bits per heavy atom. The van der Waals surface area contributed by atoms with Gasteiger partial charge in [-0.1, -0.05) is 36.4 Å². The van der Waals surface area contributed by atoms with E-state index in [9.17, 15) is 0 Å². The summed E-state index contributed by atoms with van der Waals surface area (Å²) in [5.74, 6) is 0. The highest BCUT2D eigenvalue weighted by molar-refractivity contribution is 5.53. The molecule has 80 valence electrons. The fraction of sp³-hybridized carbons (Fsp3) is 0.385. The van der Waals surface area contributed by atoms with Crippen LogP contribution < -0.4 is 0 Å². The largest absolute Gasteiger partial charge is 0.353 e. The summed E-state index contributed by atoms with van der Waals surface area (Å²) < 4.78 is 10.9. The molecule has 1 aliphatic heterocycles. The van der Waals surface area contributed by atoms with Crippen molar-refractivity contribution in [3.63, 3.8) is 0 Å². The lowest BCUT2D eigenvalue weighted by molar-refractivity contribution is -0.106. The summed E-state index contributed by atoms with van der Waals surface area (Å²) in [5, 5.41) is 0. The monoisotopic (exact) mass is 204 g/mol. The van der Waals surface area contributed by atoms with Crippen molar-refractivity contribution in [1.29, 1.82) is 0 Å². The van der Waals surface area contributed by atoms with E-state index in [4.69, 9.17) is 9.47 Å². The topological polar surface area (TPSA) is 18.5 Å². The average Bonchev–Trinajstić information content (AvgIpc) is 2.68. The van der Waals surface area contributed by atoms with Crippen molar-refractivity contribution in [2.75, 3.05) is 13.2 Å². The second-order valence-corrected chi connectivity index (χ2v) is 3.61. The van der Waals surface area contributed by atoms with E-state index in [2.05, 4.69) is 18.2 Å². The van der Waals surface area contributed by atoms with Crippen LogP contribution in [0.25, 0.3) is 6.08 Å². The first-order valence-electron chi connectivity index (χ1n) is 5.36. The van der Waals surface area contributed by atoms with Crippen molar-refractivity contribution in [1.82, 2.24) is 0 Å². The van der Waals surface area contributed by atoms with Crippen LogP contribution in [0.15, 0.2) is 35.9 Å². The van der Waals surface area contributed by atoms with E-state index in [1.807, 2.05) is 25.1 Å². The summed E-state index contributed by atoms with van der Waals surface area (Å²) in [5.41, 5.74) is 2.54. The SMILES string of the molecule is CCOC1C/C(=C\c2ccccc2)CO1. The van der Waals surface area contributed by atoms with Crippen LogP contribution in [0.2, 0.25) is 0 Å². The predicted molar refractivity (Wildman–Crippen MR) is 60.4 cm³/mol. The van der Waals surface area contributed by atoms with Gasteiger partial charge in [-0.05, 0) is 18.1 Å². The highest BCUT2D eigenvalue weighted by atomic mass is 16.7.